The van der Waals surface area contributed by atoms with E-state index in [0.29, 0.717) is 9.23 Å². The van der Waals surface area contributed by atoms with Crippen LogP contribution in [0.1, 0.15) is 0 Å². The van der Waals surface area contributed by atoms with Gasteiger partial charge in [-0.05, 0) is 36.4 Å². The summed E-state index contributed by atoms with van der Waals surface area (Å²) >= 11 is 8.24. The molecule has 0 radical (unpaired) electrons. The predicted octanol–water partition coefficient (Wildman–Crippen LogP) is 5.15. The van der Waals surface area contributed by atoms with Crippen molar-refractivity contribution in [2.45, 2.75) is 4.90 Å². The van der Waals surface area contributed by atoms with Crippen molar-refractivity contribution in [3.63, 3.8) is 0 Å². The van der Waals surface area contributed by atoms with E-state index in [-0.39, 0.29) is 5.91 Å². The fourth-order valence-electron chi connectivity index (χ4n) is 2.66. The van der Waals surface area contributed by atoms with Crippen LogP contribution >= 0.6 is 35.7 Å². The first-order valence-corrected chi connectivity index (χ1v) is 9.73. The lowest BCUT2D eigenvalue weighted by molar-refractivity contribution is -0.121. The van der Waals surface area contributed by atoms with Gasteiger partial charge in [-0.3, -0.25) is 9.69 Å². The number of para-hydroxylation sites is 2. The van der Waals surface area contributed by atoms with Gasteiger partial charge in [0.05, 0.1) is 15.6 Å². The molecule has 0 saturated carbocycles. The molecule has 1 amide bonds. The van der Waals surface area contributed by atoms with Crippen molar-refractivity contribution in [1.29, 1.82) is 0 Å². The minimum Gasteiger partial charge on any atom is -0.303 e. The van der Waals surface area contributed by atoms with Crippen LogP contribution < -0.4 is 4.90 Å². The average molecular weight is 383 g/mol. The Bertz CT molecular complexity index is 921. The first-order chi connectivity index (χ1) is 12.1. The van der Waals surface area contributed by atoms with Gasteiger partial charge >= 0.3 is 0 Å². The molecular formula is C19H14N2OS3. The van der Waals surface area contributed by atoms with Crippen LogP contribution in [0.25, 0.3) is 0 Å². The molecule has 25 heavy (non-hydrogen) atoms. The van der Waals surface area contributed by atoms with Crippen LogP contribution in [0.15, 0.2) is 81.6 Å². The van der Waals surface area contributed by atoms with Crippen LogP contribution in [0.4, 0.5) is 11.4 Å². The van der Waals surface area contributed by atoms with Gasteiger partial charge in [0.25, 0.3) is 5.91 Å². The first-order valence-electron chi connectivity index (χ1n) is 7.69. The molecule has 2 aromatic carbocycles. The van der Waals surface area contributed by atoms with Crippen molar-refractivity contribution in [3.05, 3.63) is 76.7 Å². The summed E-state index contributed by atoms with van der Waals surface area (Å²) in [6.45, 7) is 0. The standard InChI is InChI=1S/C19H14N2OS3/c1-20-18(22)16(25-19(20)23)11-12-17-21(13-7-3-2-4-8-13)14-9-5-6-10-15(14)24-17/h2-12H,1H3/b16-11-,17-12-. The summed E-state index contributed by atoms with van der Waals surface area (Å²) in [6, 6.07) is 18.5. The third-order valence-corrected chi connectivity index (χ3v) is 6.52. The Morgan fingerprint density at radius 1 is 0.960 bits per heavy atom. The number of anilines is 2. The van der Waals surface area contributed by atoms with Crippen molar-refractivity contribution < 1.29 is 4.79 Å². The molecule has 2 aromatic rings. The Kier molecular flexibility index (Phi) is 4.41. The summed E-state index contributed by atoms with van der Waals surface area (Å²) in [5.41, 5.74) is 2.25. The van der Waals surface area contributed by atoms with Crippen LogP contribution in [0.5, 0.6) is 0 Å². The molecule has 2 aliphatic rings. The number of nitrogens with zero attached hydrogens (tertiary/aromatic N) is 2. The molecule has 0 aliphatic carbocycles. The van der Waals surface area contributed by atoms with Gasteiger partial charge < -0.3 is 4.90 Å². The maximum absolute atomic E-state index is 12.2. The topological polar surface area (TPSA) is 23.6 Å². The largest absolute Gasteiger partial charge is 0.303 e. The zero-order chi connectivity index (χ0) is 17.4. The number of hydrogen-bond donors (Lipinski definition) is 0. The van der Waals surface area contributed by atoms with Gasteiger partial charge in [-0.1, -0.05) is 66.1 Å². The number of thiocarbonyl (C=S) groups is 1. The number of carbonyl (C=O) groups excluding carboxylic acids is 1. The maximum atomic E-state index is 12.2. The van der Waals surface area contributed by atoms with E-state index in [2.05, 4.69) is 29.2 Å². The molecule has 3 nitrogen and oxygen atoms in total. The van der Waals surface area contributed by atoms with Crippen LogP contribution in [-0.2, 0) is 4.79 Å². The van der Waals surface area contributed by atoms with Gasteiger partial charge in [-0.2, -0.15) is 0 Å². The molecule has 4 rings (SSSR count). The number of rotatable bonds is 2. The molecule has 0 unspecified atom stereocenters. The Balaban J connectivity index is 1.74. The normalized spacial score (nSPS) is 20.0. The number of likely N-dealkylation sites (N-methyl/N-ethyl adjacent to an activating group) is 1. The fraction of sp³-hybridized carbons (Fsp3) is 0.0526. The highest BCUT2D eigenvalue weighted by Crippen LogP contribution is 2.49. The highest BCUT2D eigenvalue weighted by atomic mass is 32.2. The number of allylic oxidation sites excluding steroid dienone is 2. The molecule has 124 valence electrons. The van der Waals surface area contributed by atoms with Crippen molar-refractivity contribution in [3.8, 4) is 0 Å². The summed E-state index contributed by atoms with van der Waals surface area (Å²) in [6.07, 6.45) is 3.87. The highest BCUT2D eigenvalue weighted by Gasteiger charge is 2.29. The lowest BCUT2D eigenvalue weighted by Gasteiger charge is -2.20. The van der Waals surface area contributed by atoms with E-state index in [9.17, 15) is 4.79 Å². The second kappa shape index (κ2) is 6.71. The van der Waals surface area contributed by atoms with E-state index in [4.69, 9.17) is 12.2 Å². The summed E-state index contributed by atoms with van der Waals surface area (Å²) in [7, 11) is 1.71. The van der Waals surface area contributed by atoms with Crippen LogP contribution in [0.3, 0.4) is 0 Å². The van der Waals surface area contributed by atoms with Crippen LogP contribution in [0.2, 0.25) is 0 Å². The number of fused-ring (bicyclic) bond motifs is 1. The zero-order valence-corrected chi connectivity index (χ0v) is 15.8. The first kappa shape index (κ1) is 16.4. The predicted molar refractivity (Wildman–Crippen MR) is 110 cm³/mol. The van der Waals surface area contributed by atoms with Crippen molar-refractivity contribution in [2.75, 3.05) is 11.9 Å². The molecule has 1 saturated heterocycles. The summed E-state index contributed by atoms with van der Waals surface area (Å²) in [4.78, 5) is 17.8. The third-order valence-electron chi connectivity index (χ3n) is 3.92. The molecular weight excluding hydrogens is 368 g/mol. The van der Waals surface area contributed by atoms with E-state index in [1.165, 1.54) is 21.6 Å². The SMILES string of the molecule is CN1C(=O)/C(=C/C=C2\Sc3ccccc3N2c2ccccc2)SC1=S. The molecule has 1 fully saturated rings. The fourth-order valence-corrected chi connectivity index (χ4v) is 4.85. The van der Waals surface area contributed by atoms with Crippen molar-refractivity contribution >= 4 is 57.3 Å². The molecule has 0 aromatic heterocycles. The number of benzene rings is 2. The lowest BCUT2D eigenvalue weighted by atomic mass is 10.2. The van der Waals surface area contributed by atoms with E-state index in [0.717, 1.165) is 16.4 Å². The van der Waals surface area contributed by atoms with E-state index in [1.54, 1.807) is 18.8 Å². The minimum absolute atomic E-state index is 0.0429. The monoisotopic (exact) mass is 382 g/mol. The highest BCUT2D eigenvalue weighted by molar-refractivity contribution is 8.26. The van der Waals surface area contributed by atoms with Crippen molar-refractivity contribution in [2.24, 2.45) is 0 Å². The van der Waals surface area contributed by atoms with Gasteiger partial charge in [-0.25, -0.2) is 0 Å². The third kappa shape index (κ3) is 3.01. The Labute approximate surface area is 160 Å². The van der Waals surface area contributed by atoms with Crippen molar-refractivity contribution in [1.82, 2.24) is 4.90 Å². The van der Waals surface area contributed by atoms with E-state index in [1.807, 2.05) is 42.5 Å². The zero-order valence-electron chi connectivity index (χ0n) is 13.4. The molecule has 2 heterocycles. The number of hydrogen-bond acceptors (Lipinski definition) is 5. The Morgan fingerprint density at radius 2 is 1.68 bits per heavy atom. The number of carbonyl (C=O) groups is 1. The molecule has 2 aliphatic heterocycles. The summed E-state index contributed by atoms with van der Waals surface area (Å²) in [5.74, 6) is -0.0429. The van der Waals surface area contributed by atoms with Crippen LogP contribution in [-0.4, -0.2) is 22.2 Å². The molecule has 0 atom stereocenters. The molecule has 6 heteroatoms. The Morgan fingerprint density at radius 3 is 2.40 bits per heavy atom. The van der Waals surface area contributed by atoms with E-state index < -0.39 is 0 Å². The van der Waals surface area contributed by atoms with Gasteiger partial charge in [0.15, 0.2) is 0 Å². The quantitative estimate of drug-likeness (QED) is 0.528. The van der Waals surface area contributed by atoms with Gasteiger partial charge in [0.2, 0.25) is 0 Å². The minimum atomic E-state index is -0.0429. The molecule has 0 bridgehead atoms. The summed E-state index contributed by atoms with van der Waals surface area (Å²) in [5, 5.41) is 1.06. The molecule has 0 N–H and O–H groups in total. The smallest absolute Gasteiger partial charge is 0.265 e. The number of amides is 1. The van der Waals surface area contributed by atoms with Gasteiger partial charge in [0.1, 0.15) is 4.32 Å². The second-order valence-corrected chi connectivity index (χ2v) is 8.25. The van der Waals surface area contributed by atoms with Gasteiger partial charge in [0, 0.05) is 17.6 Å². The van der Waals surface area contributed by atoms with Gasteiger partial charge in [-0.15, -0.1) is 0 Å². The second-order valence-electron chi connectivity index (χ2n) is 5.51. The lowest BCUT2D eigenvalue weighted by Crippen LogP contribution is -2.22. The number of thioether (sulfide) groups is 2. The van der Waals surface area contributed by atoms with E-state index >= 15 is 0 Å². The van der Waals surface area contributed by atoms with Crippen LogP contribution in [0, 0.1) is 0 Å². The maximum Gasteiger partial charge on any atom is 0.265 e. The average Bonchev–Trinajstić information content (AvgIpc) is 3.13. The summed E-state index contributed by atoms with van der Waals surface area (Å²) < 4.78 is 0.594. The Hall–Kier alpha value is -2.02. The molecule has 0 spiro atoms.